The number of carbonyl (C=O) groups is 2. The lowest BCUT2D eigenvalue weighted by Crippen LogP contribution is -2.31. The molecule has 8 heteroatoms. The van der Waals surface area contributed by atoms with E-state index in [1.54, 1.807) is 12.1 Å². The van der Waals surface area contributed by atoms with Crippen LogP contribution in [0.2, 0.25) is 0 Å². The van der Waals surface area contributed by atoms with E-state index in [-0.39, 0.29) is 23.0 Å². The largest absolute Gasteiger partial charge is 0.482 e. The maximum atomic E-state index is 12.2. The first-order chi connectivity index (χ1) is 11.3. The fraction of sp³-hybridized carbons (Fsp3) is 0.125. The van der Waals surface area contributed by atoms with E-state index >= 15 is 0 Å². The number of rotatable bonds is 3. The van der Waals surface area contributed by atoms with Crippen molar-refractivity contribution in [2.45, 2.75) is 11.8 Å². The smallest absolute Gasteiger partial charge is 0.265 e. The minimum atomic E-state index is -3.97. The summed E-state index contributed by atoms with van der Waals surface area (Å²) in [5, 5.41) is 2.56. The molecule has 0 saturated heterocycles. The van der Waals surface area contributed by atoms with E-state index in [4.69, 9.17) is 4.74 Å². The van der Waals surface area contributed by atoms with Gasteiger partial charge in [0, 0.05) is 5.56 Å². The molecule has 1 aliphatic heterocycles. The molecule has 2 N–H and O–H groups in total. The Morgan fingerprint density at radius 3 is 2.58 bits per heavy atom. The zero-order valence-electron chi connectivity index (χ0n) is 12.7. The molecule has 2 aromatic rings. The monoisotopic (exact) mass is 346 g/mol. The first-order valence-electron chi connectivity index (χ1n) is 7.06. The lowest BCUT2D eigenvalue weighted by atomic mass is 10.1. The standard InChI is InChI=1S/C16H14N2O5S/c1-10-2-5-12(6-3-10)24(21,22)18-16(20)11-4-7-14-13(8-11)17-15(19)9-23-14/h2-8H,9H2,1H3,(H,17,19)(H,18,20). The van der Waals surface area contributed by atoms with E-state index < -0.39 is 15.9 Å². The minimum absolute atomic E-state index is 0.00366. The molecule has 1 heterocycles. The van der Waals surface area contributed by atoms with Gasteiger partial charge in [0.1, 0.15) is 5.75 Å². The lowest BCUT2D eigenvalue weighted by molar-refractivity contribution is -0.118. The number of benzene rings is 2. The van der Waals surface area contributed by atoms with Crippen molar-refractivity contribution in [2.24, 2.45) is 0 Å². The third-order valence-corrected chi connectivity index (χ3v) is 4.78. The topological polar surface area (TPSA) is 102 Å². The number of aryl methyl sites for hydroxylation is 1. The van der Waals surface area contributed by atoms with Crippen LogP contribution in [-0.2, 0) is 14.8 Å². The van der Waals surface area contributed by atoms with E-state index in [1.807, 2.05) is 11.6 Å². The third-order valence-electron chi connectivity index (χ3n) is 3.43. The van der Waals surface area contributed by atoms with Crippen LogP contribution in [0.15, 0.2) is 47.4 Å². The lowest BCUT2D eigenvalue weighted by Gasteiger charge is -2.18. The highest BCUT2D eigenvalue weighted by Gasteiger charge is 2.21. The molecule has 3 rings (SSSR count). The van der Waals surface area contributed by atoms with Crippen molar-refractivity contribution in [1.29, 1.82) is 0 Å². The second kappa shape index (κ2) is 5.97. The summed E-state index contributed by atoms with van der Waals surface area (Å²) in [4.78, 5) is 23.5. The Morgan fingerprint density at radius 2 is 1.88 bits per heavy atom. The molecule has 0 fully saturated rings. The Balaban J connectivity index is 1.83. The predicted octanol–water partition coefficient (Wildman–Crippen LogP) is 1.44. The van der Waals surface area contributed by atoms with Crippen LogP contribution < -0.4 is 14.8 Å². The summed E-state index contributed by atoms with van der Waals surface area (Å²) in [5.41, 5.74) is 1.33. The van der Waals surface area contributed by atoms with Crippen LogP contribution in [0.3, 0.4) is 0 Å². The number of nitrogens with one attached hydrogen (secondary N) is 2. The van der Waals surface area contributed by atoms with Crippen LogP contribution in [0, 0.1) is 6.92 Å². The summed E-state index contributed by atoms with van der Waals surface area (Å²) < 4.78 is 31.7. The van der Waals surface area contributed by atoms with Gasteiger partial charge in [0.15, 0.2) is 6.61 Å². The van der Waals surface area contributed by atoms with Crippen LogP contribution in [-0.4, -0.2) is 26.8 Å². The van der Waals surface area contributed by atoms with Crippen molar-refractivity contribution in [1.82, 2.24) is 4.72 Å². The van der Waals surface area contributed by atoms with Gasteiger partial charge >= 0.3 is 0 Å². The van der Waals surface area contributed by atoms with Crippen LogP contribution in [0.5, 0.6) is 5.75 Å². The maximum Gasteiger partial charge on any atom is 0.265 e. The molecule has 2 amide bonds. The van der Waals surface area contributed by atoms with Crippen molar-refractivity contribution in [3.8, 4) is 5.75 Å². The van der Waals surface area contributed by atoms with Crippen LogP contribution in [0.25, 0.3) is 0 Å². The minimum Gasteiger partial charge on any atom is -0.482 e. The molecule has 1 aliphatic rings. The summed E-state index contributed by atoms with van der Waals surface area (Å²) in [6.45, 7) is 1.73. The normalized spacial score (nSPS) is 13.5. The Kier molecular flexibility index (Phi) is 3.98. The van der Waals surface area contributed by atoms with Gasteiger partial charge < -0.3 is 10.1 Å². The van der Waals surface area contributed by atoms with Crippen molar-refractivity contribution in [3.05, 3.63) is 53.6 Å². The van der Waals surface area contributed by atoms with Crippen molar-refractivity contribution >= 4 is 27.5 Å². The average Bonchev–Trinajstić information content (AvgIpc) is 2.54. The fourth-order valence-electron chi connectivity index (χ4n) is 2.18. The quantitative estimate of drug-likeness (QED) is 0.876. The highest BCUT2D eigenvalue weighted by molar-refractivity contribution is 7.90. The van der Waals surface area contributed by atoms with E-state index in [2.05, 4.69) is 5.32 Å². The molecule has 0 bridgehead atoms. The number of anilines is 1. The summed E-state index contributed by atoms with van der Waals surface area (Å²) in [7, 11) is -3.97. The number of amides is 2. The highest BCUT2D eigenvalue weighted by Crippen LogP contribution is 2.28. The molecule has 0 saturated carbocycles. The molecule has 2 aromatic carbocycles. The van der Waals surface area contributed by atoms with Gasteiger partial charge in [-0.05, 0) is 37.3 Å². The van der Waals surface area contributed by atoms with Gasteiger partial charge in [-0.3, -0.25) is 9.59 Å². The number of hydrogen-bond donors (Lipinski definition) is 2. The third kappa shape index (κ3) is 3.23. The van der Waals surface area contributed by atoms with Gasteiger partial charge in [-0.15, -0.1) is 0 Å². The molecule has 0 aromatic heterocycles. The average molecular weight is 346 g/mol. The summed E-state index contributed by atoms with van der Waals surface area (Å²) >= 11 is 0. The van der Waals surface area contributed by atoms with Gasteiger partial charge in [-0.25, -0.2) is 13.1 Å². The zero-order chi connectivity index (χ0) is 17.3. The molecule has 0 spiro atoms. The molecule has 0 atom stereocenters. The molecular weight excluding hydrogens is 332 g/mol. The van der Waals surface area contributed by atoms with Crippen molar-refractivity contribution in [3.63, 3.8) is 0 Å². The summed E-state index contributed by atoms with van der Waals surface area (Å²) in [6, 6.07) is 10.4. The molecule has 0 aliphatic carbocycles. The Labute approximate surface area is 138 Å². The fourth-order valence-corrected chi connectivity index (χ4v) is 3.16. The first kappa shape index (κ1) is 16.0. The zero-order valence-corrected chi connectivity index (χ0v) is 13.5. The van der Waals surface area contributed by atoms with E-state index in [0.717, 1.165) is 5.56 Å². The number of ether oxygens (including phenoxy) is 1. The number of sulfonamides is 1. The SMILES string of the molecule is Cc1ccc(S(=O)(=O)NC(=O)c2ccc3c(c2)NC(=O)CO3)cc1. The van der Waals surface area contributed by atoms with Gasteiger partial charge in [0.2, 0.25) is 0 Å². The summed E-state index contributed by atoms with van der Waals surface area (Å²) in [6.07, 6.45) is 0. The molecule has 0 unspecified atom stereocenters. The molecule has 124 valence electrons. The Morgan fingerprint density at radius 1 is 1.17 bits per heavy atom. The van der Waals surface area contributed by atoms with E-state index in [9.17, 15) is 18.0 Å². The van der Waals surface area contributed by atoms with Gasteiger partial charge in [0.25, 0.3) is 21.8 Å². The van der Waals surface area contributed by atoms with Gasteiger partial charge in [-0.1, -0.05) is 17.7 Å². The second-order valence-corrected chi connectivity index (χ2v) is 6.98. The predicted molar refractivity (Wildman–Crippen MR) is 86.4 cm³/mol. The number of carbonyl (C=O) groups excluding carboxylic acids is 2. The molecule has 0 radical (unpaired) electrons. The van der Waals surface area contributed by atoms with Gasteiger partial charge in [-0.2, -0.15) is 0 Å². The van der Waals surface area contributed by atoms with Crippen LogP contribution in [0.1, 0.15) is 15.9 Å². The van der Waals surface area contributed by atoms with Crippen molar-refractivity contribution in [2.75, 3.05) is 11.9 Å². The number of fused-ring (bicyclic) bond motifs is 1. The highest BCUT2D eigenvalue weighted by atomic mass is 32.2. The number of hydrogen-bond acceptors (Lipinski definition) is 5. The van der Waals surface area contributed by atoms with Crippen molar-refractivity contribution < 1.29 is 22.7 Å². The molecule has 7 nitrogen and oxygen atoms in total. The van der Waals surface area contributed by atoms with Crippen LogP contribution >= 0.6 is 0 Å². The first-order valence-corrected chi connectivity index (χ1v) is 8.54. The summed E-state index contributed by atoms with van der Waals surface area (Å²) in [5.74, 6) is -0.710. The Bertz CT molecular complexity index is 920. The maximum absolute atomic E-state index is 12.2. The van der Waals surface area contributed by atoms with Gasteiger partial charge in [0.05, 0.1) is 10.6 Å². The van der Waals surface area contributed by atoms with E-state index in [1.165, 1.54) is 30.3 Å². The second-order valence-electron chi connectivity index (χ2n) is 5.30. The van der Waals surface area contributed by atoms with E-state index in [0.29, 0.717) is 11.4 Å². The van der Waals surface area contributed by atoms with Crippen LogP contribution in [0.4, 0.5) is 5.69 Å². The Hall–Kier alpha value is -2.87. The molecule has 24 heavy (non-hydrogen) atoms. The molecular formula is C16H14N2O5S.